The molecule has 0 spiro atoms. The highest BCUT2D eigenvalue weighted by Crippen LogP contribution is 2.18. The van der Waals surface area contributed by atoms with Gasteiger partial charge in [0, 0.05) is 17.1 Å². The maximum atomic E-state index is 12.6. The van der Waals surface area contributed by atoms with Crippen molar-refractivity contribution in [2.75, 3.05) is 44.2 Å². The van der Waals surface area contributed by atoms with E-state index in [1.165, 1.54) is 9.78 Å². The Morgan fingerprint density at radius 2 is 1.96 bits per heavy atom. The van der Waals surface area contributed by atoms with Gasteiger partial charge in [0.15, 0.2) is 6.54 Å². The highest BCUT2D eigenvalue weighted by molar-refractivity contribution is 7.09. The van der Waals surface area contributed by atoms with E-state index in [2.05, 4.69) is 16.3 Å². The second kappa shape index (κ2) is 8.36. The molecule has 5 nitrogen and oxygen atoms in total. The van der Waals surface area contributed by atoms with Gasteiger partial charge in [0.1, 0.15) is 5.75 Å². The summed E-state index contributed by atoms with van der Waals surface area (Å²) >= 11 is 1.70. The Hall–Kier alpha value is -2.05. The molecule has 134 valence electrons. The first kappa shape index (κ1) is 17.8. The number of anilines is 1. The van der Waals surface area contributed by atoms with E-state index in [9.17, 15) is 9.90 Å². The normalized spacial score (nSPS) is 15.3. The van der Waals surface area contributed by atoms with Crippen molar-refractivity contribution in [3.05, 3.63) is 46.7 Å². The molecule has 2 heterocycles. The predicted octanol–water partition coefficient (Wildman–Crippen LogP) is 1.21. The third-order valence-corrected chi connectivity index (χ3v) is 5.61. The first-order valence-electron chi connectivity index (χ1n) is 8.83. The average Bonchev–Trinajstić information content (AvgIpc) is 3.14. The lowest BCUT2D eigenvalue weighted by molar-refractivity contribution is -0.892. The van der Waals surface area contributed by atoms with Crippen molar-refractivity contribution in [3.63, 3.8) is 0 Å². The van der Waals surface area contributed by atoms with Crippen LogP contribution < -0.4 is 9.80 Å². The van der Waals surface area contributed by atoms with E-state index in [1.54, 1.807) is 23.5 Å². The number of amides is 1. The fourth-order valence-corrected chi connectivity index (χ4v) is 3.93. The lowest BCUT2D eigenvalue weighted by atomic mass is 10.2. The Bertz CT molecular complexity index is 664. The Balaban J connectivity index is 1.49. The second-order valence-corrected chi connectivity index (χ2v) is 7.45. The number of hydrogen-bond acceptors (Lipinski definition) is 4. The van der Waals surface area contributed by atoms with Crippen LogP contribution in [0.3, 0.4) is 0 Å². The number of phenolic OH excluding ortho intramolecular Hbond substituents is 1. The van der Waals surface area contributed by atoms with E-state index < -0.39 is 0 Å². The second-order valence-electron chi connectivity index (χ2n) is 6.42. The molecule has 0 bridgehead atoms. The molecule has 1 aliphatic rings. The van der Waals surface area contributed by atoms with E-state index in [-0.39, 0.29) is 5.91 Å². The third-order valence-electron chi connectivity index (χ3n) is 4.75. The summed E-state index contributed by atoms with van der Waals surface area (Å²) in [6, 6.07) is 11.5. The molecule has 3 rings (SSSR count). The zero-order chi connectivity index (χ0) is 17.6. The maximum absolute atomic E-state index is 12.6. The largest absolute Gasteiger partial charge is 0.508 e. The molecule has 1 saturated heterocycles. The van der Waals surface area contributed by atoms with Crippen LogP contribution in [-0.2, 0) is 11.3 Å². The molecule has 2 aromatic rings. The van der Waals surface area contributed by atoms with Crippen LogP contribution in [0.2, 0.25) is 0 Å². The lowest BCUT2D eigenvalue weighted by Crippen LogP contribution is -3.15. The summed E-state index contributed by atoms with van der Waals surface area (Å²) in [7, 11) is 0. The van der Waals surface area contributed by atoms with Gasteiger partial charge in [-0.15, -0.1) is 11.3 Å². The minimum absolute atomic E-state index is 0.240. The van der Waals surface area contributed by atoms with Crippen LogP contribution in [0, 0.1) is 0 Å². The summed E-state index contributed by atoms with van der Waals surface area (Å²) in [5.41, 5.74) is 1.14. The number of rotatable bonds is 6. The summed E-state index contributed by atoms with van der Waals surface area (Å²) in [5.74, 6) is 0.535. The molecule has 0 atom stereocenters. The van der Waals surface area contributed by atoms with Crippen LogP contribution in [0.1, 0.15) is 11.8 Å². The Kier molecular flexibility index (Phi) is 5.94. The third kappa shape index (κ3) is 4.74. The molecule has 1 amide bonds. The first-order valence-corrected chi connectivity index (χ1v) is 9.71. The summed E-state index contributed by atoms with van der Waals surface area (Å²) < 4.78 is 0. The number of quaternary nitrogens is 1. The van der Waals surface area contributed by atoms with E-state index in [4.69, 9.17) is 0 Å². The Labute approximate surface area is 153 Å². The smallest absolute Gasteiger partial charge is 0.278 e. The van der Waals surface area contributed by atoms with E-state index in [0.29, 0.717) is 12.3 Å². The van der Waals surface area contributed by atoms with Gasteiger partial charge in [-0.3, -0.25) is 4.79 Å². The molecule has 2 N–H and O–H groups in total. The van der Waals surface area contributed by atoms with Crippen molar-refractivity contribution >= 4 is 22.9 Å². The number of piperazine rings is 1. The van der Waals surface area contributed by atoms with Crippen LogP contribution in [0.15, 0.2) is 41.8 Å². The summed E-state index contributed by atoms with van der Waals surface area (Å²) in [6.07, 6.45) is 0. The number of benzene rings is 1. The summed E-state index contributed by atoms with van der Waals surface area (Å²) in [5, 5.41) is 11.5. The van der Waals surface area contributed by atoms with Crippen LogP contribution in [0.4, 0.5) is 5.69 Å². The van der Waals surface area contributed by atoms with Gasteiger partial charge in [-0.1, -0.05) is 6.07 Å². The number of nitrogens with zero attached hydrogens (tertiary/aromatic N) is 2. The molecular formula is C19H26N3O2S+. The van der Waals surface area contributed by atoms with Crippen molar-refractivity contribution in [2.45, 2.75) is 13.5 Å². The lowest BCUT2D eigenvalue weighted by Gasteiger charge is -2.34. The summed E-state index contributed by atoms with van der Waals surface area (Å²) in [6.45, 7) is 7.89. The minimum atomic E-state index is 0.240. The van der Waals surface area contributed by atoms with Crippen molar-refractivity contribution < 1.29 is 14.8 Å². The van der Waals surface area contributed by atoms with E-state index in [0.717, 1.165) is 45.0 Å². The van der Waals surface area contributed by atoms with Crippen LogP contribution in [0.25, 0.3) is 0 Å². The molecule has 0 radical (unpaired) electrons. The summed E-state index contributed by atoms with van der Waals surface area (Å²) in [4.78, 5) is 19.5. The Morgan fingerprint density at radius 1 is 1.24 bits per heavy atom. The minimum Gasteiger partial charge on any atom is -0.508 e. The number of nitrogens with one attached hydrogen (secondary N) is 1. The molecule has 1 fully saturated rings. The number of aromatic hydroxyl groups is 1. The molecule has 1 aromatic carbocycles. The van der Waals surface area contributed by atoms with Gasteiger partial charge >= 0.3 is 0 Å². The van der Waals surface area contributed by atoms with Gasteiger partial charge in [-0.05, 0) is 42.6 Å². The average molecular weight is 361 g/mol. The molecule has 0 unspecified atom stereocenters. The van der Waals surface area contributed by atoms with Gasteiger partial charge in [-0.25, -0.2) is 0 Å². The highest BCUT2D eigenvalue weighted by Gasteiger charge is 2.24. The molecule has 6 heteroatoms. The monoisotopic (exact) mass is 360 g/mol. The fourth-order valence-electron chi connectivity index (χ4n) is 3.21. The van der Waals surface area contributed by atoms with Gasteiger partial charge in [0.05, 0.1) is 32.7 Å². The topological polar surface area (TPSA) is 48.2 Å². The van der Waals surface area contributed by atoms with E-state index >= 15 is 0 Å². The fraction of sp³-hybridized carbons (Fsp3) is 0.421. The first-order chi connectivity index (χ1) is 12.2. The van der Waals surface area contributed by atoms with Crippen molar-refractivity contribution in [1.82, 2.24) is 4.90 Å². The van der Waals surface area contributed by atoms with Crippen molar-refractivity contribution in [1.29, 1.82) is 0 Å². The zero-order valence-electron chi connectivity index (χ0n) is 14.6. The number of carbonyl (C=O) groups is 1. The van der Waals surface area contributed by atoms with Crippen LogP contribution in [-0.4, -0.2) is 55.2 Å². The van der Waals surface area contributed by atoms with Crippen LogP contribution in [0.5, 0.6) is 5.75 Å². The van der Waals surface area contributed by atoms with Gasteiger partial charge in [-0.2, -0.15) is 0 Å². The number of likely N-dealkylation sites (N-methyl/N-ethyl adjacent to an activating group) is 1. The number of thiophene rings is 1. The van der Waals surface area contributed by atoms with Gasteiger partial charge < -0.3 is 19.8 Å². The molecule has 25 heavy (non-hydrogen) atoms. The maximum Gasteiger partial charge on any atom is 0.278 e. The standard InChI is InChI=1S/C19H25N3O2S/c1-2-21(14-18-4-3-13-25-18)19(24)15-20-9-11-22(12-10-20)16-5-7-17(23)8-6-16/h3-8,13,23H,2,9-12,14-15H2,1H3/p+1. The molecular weight excluding hydrogens is 334 g/mol. The molecule has 1 aromatic heterocycles. The van der Waals surface area contributed by atoms with Gasteiger partial charge in [0.25, 0.3) is 5.91 Å². The highest BCUT2D eigenvalue weighted by atomic mass is 32.1. The molecule has 1 aliphatic heterocycles. The predicted molar refractivity (Wildman–Crippen MR) is 101 cm³/mol. The Morgan fingerprint density at radius 3 is 2.56 bits per heavy atom. The van der Waals surface area contributed by atoms with Crippen LogP contribution >= 0.6 is 11.3 Å². The number of carbonyl (C=O) groups excluding carboxylic acids is 1. The number of hydrogen-bond donors (Lipinski definition) is 2. The number of phenols is 1. The molecule has 0 saturated carbocycles. The van der Waals surface area contributed by atoms with Crippen molar-refractivity contribution in [3.8, 4) is 5.75 Å². The molecule has 0 aliphatic carbocycles. The van der Waals surface area contributed by atoms with Gasteiger partial charge in [0.2, 0.25) is 0 Å². The van der Waals surface area contributed by atoms with Crippen molar-refractivity contribution in [2.24, 2.45) is 0 Å². The quantitative estimate of drug-likeness (QED) is 0.814. The zero-order valence-corrected chi connectivity index (χ0v) is 15.5. The van der Waals surface area contributed by atoms with E-state index in [1.807, 2.05) is 30.0 Å². The SMILES string of the molecule is CCN(Cc1cccs1)C(=O)C[NH+]1CCN(c2ccc(O)cc2)CC1.